The standard InChI is InChI=1S/C22H42O5S.Na/c1-3-5-7-8-9-10-11-14-17-21(28(24,25)26)18-15-12-13-16-19-22(23)27-20-6-4-2;/h14,17,21H,3-13,15-16,18-20H2,1-2H3,(H,24,25,26);/q;+1/p-1. The summed E-state index contributed by atoms with van der Waals surface area (Å²) in [6, 6.07) is 0. The summed E-state index contributed by atoms with van der Waals surface area (Å²) in [6.07, 6.45) is 17.2. The van der Waals surface area contributed by atoms with Crippen LogP contribution in [0.2, 0.25) is 0 Å². The molecule has 0 fully saturated rings. The van der Waals surface area contributed by atoms with Crippen LogP contribution in [0.1, 0.15) is 110 Å². The Morgan fingerprint density at radius 3 is 2.14 bits per heavy atom. The van der Waals surface area contributed by atoms with Crippen LogP contribution in [-0.4, -0.2) is 30.8 Å². The van der Waals surface area contributed by atoms with E-state index in [2.05, 4.69) is 6.92 Å². The third-order valence-electron chi connectivity index (χ3n) is 4.83. The van der Waals surface area contributed by atoms with Gasteiger partial charge in [0.1, 0.15) is 10.1 Å². The van der Waals surface area contributed by atoms with E-state index < -0.39 is 15.4 Å². The molecular formula is C22H41NaO5S. The molecule has 0 saturated carbocycles. The van der Waals surface area contributed by atoms with E-state index in [9.17, 15) is 17.8 Å². The zero-order chi connectivity index (χ0) is 21.1. The summed E-state index contributed by atoms with van der Waals surface area (Å²) in [5, 5.41) is -0.924. The molecule has 7 heteroatoms. The molecular weight excluding hydrogens is 399 g/mol. The molecule has 0 saturated heterocycles. The minimum absolute atomic E-state index is 0. The van der Waals surface area contributed by atoms with Crippen molar-refractivity contribution < 1.29 is 52.1 Å². The zero-order valence-corrected chi connectivity index (χ0v) is 21.8. The van der Waals surface area contributed by atoms with Crippen LogP contribution in [0.25, 0.3) is 0 Å². The number of unbranched alkanes of at least 4 members (excludes halogenated alkanes) is 10. The number of ether oxygens (including phenoxy) is 1. The topological polar surface area (TPSA) is 83.5 Å². The van der Waals surface area contributed by atoms with Crippen molar-refractivity contribution in [1.82, 2.24) is 0 Å². The summed E-state index contributed by atoms with van der Waals surface area (Å²) in [7, 11) is -4.30. The number of allylic oxidation sites excluding steroid dienone is 1. The van der Waals surface area contributed by atoms with Gasteiger partial charge in [-0.3, -0.25) is 4.79 Å². The van der Waals surface area contributed by atoms with E-state index in [4.69, 9.17) is 4.74 Å². The SMILES string of the molecule is CCCCCCCCC=CC(CCCCCCC(=O)OCCCC)S(=O)(=O)[O-].[Na+]. The van der Waals surface area contributed by atoms with Crippen LogP contribution in [-0.2, 0) is 19.6 Å². The smallest absolute Gasteiger partial charge is 0.747 e. The van der Waals surface area contributed by atoms with Crippen LogP contribution >= 0.6 is 0 Å². The van der Waals surface area contributed by atoms with Gasteiger partial charge in [0.05, 0.1) is 11.9 Å². The summed E-state index contributed by atoms with van der Waals surface area (Å²) >= 11 is 0. The molecule has 0 aliphatic carbocycles. The van der Waals surface area contributed by atoms with Crippen LogP contribution in [0, 0.1) is 0 Å². The van der Waals surface area contributed by atoms with Crippen molar-refractivity contribution in [2.75, 3.05) is 6.61 Å². The fourth-order valence-electron chi connectivity index (χ4n) is 3.00. The van der Waals surface area contributed by atoms with Gasteiger partial charge in [-0.1, -0.05) is 83.8 Å². The molecule has 0 amide bonds. The van der Waals surface area contributed by atoms with Crippen LogP contribution in [0.15, 0.2) is 12.2 Å². The molecule has 0 bridgehead atoms. The predicted molar refractivity (Wildman–Crippen MR) is 114 cm³/mol. The molecule has 0 heterocycles. The van der Waals surface area contributed by atoms with E-state index >= 15 is 0 Å². The summed E-state index contributed by atoms with van der Waals surface area (Å²) in [5.41, 5.74) is 0. The van der Waals surface area contributed by atoms with E-state index in [1.807, 2.05) is 13.0 Å². The quantitative estimate of drug-likeness (QED) is 0.101. The maximum absolute atomic E-state index is 11.5. The number of carbonyl (C=O) groups excluding carboxylic acids is 1. The van der Waals surface area contributed by atoms with Gasteiger partial charge >= 0.3 is 35.5 Å². The third-order valence-corrected chi connectivity index (χ3v) is 5.96. The number of hydrogen-bond acceptors (Lipinski definition) is 5. The predicted octanol–water partition coefficient (Wildman–Crippen LogP) is 2.89. The van der Waals surface area contributed by atoms with Gasteiger partial charge in [0, 0.05) is 6.42 Å². The molecule has 0 aromatic heterocycles. The molecule has 29 heavy (non-hydrogen) atoms. The van der Waals surface area contributed by atoms with Gasteiger partial charge in [0.25, 0.3) is 0 Å². The molecule has 0 aromatic rings. The maximum Gasteiger partial charge on any atom is 1.00 e. The Kier molecular flexibility index (Phi) is 23.1. The summed E-state index contributed by atoms with van der Waals surface area (Å²) in [4.78, 5) is 11.5. The Bertz CT molecular complexity index is 505. The Labute approximate surface area is 201 Å². The van der Waals surface area contributed by atoms with Crippen molar-refractivity contribution in [2.45, 2.75) is 115 Å². The van der Waals surface area contributed by atoms with E-state index in [0.717, 1.165) is 51.4 Å². The van der Waals surface area contributed by atoms with Gasteiger partial charge < -0.3 is 9.29 Å². The third kappa shape index (κ3) is 21.1. The number of hydrogen-bond donors (Lipinski definition) is 0. The first-order chi connectivity index (χ1) is 13.4. The maximum atomic E-state index is 11.5. The second-order valence-electron chi connectivity index (χ2n) is 7.54. The molecule has 0 aliphatic heterocycles. The molecule has 0 spiro atoms. The van der Waals surface area contributed by atoms with E-state index in [1.165, 1.54) is 25.7 Å². The minimum Gasteiger partial charge on any atom is -0.747 e. The summed E-state index contributed by atoms with van der Waals surface area (Å²) in [5.74, 6) is -0.161. The van der Waals surface area contributed by atoms with Crippen molar-refractivity contribution in [3.63, 3.8) is 0 Å². The molecule has 166 valence electrons. The normalized spacial score (nSPS) is 12.7. The monoisotopic (exact) mass is 440 g/mol. The zero-order valence-electron chi connectivity index (χ0n) is 19.0. The van der Waals surface area contributed by atoms with Crippen molar-refractivity contribution in [3.05, 3.63) is 12.2 Å². The van der Waals surface area contributed by atoms with Crippen LogP contribution in [0.3, 0.4) is 0 Å². The average Bonchev–Trinajstić information content (AvgIpc) is 2.64. The van der Waals surface area contributed by atoms with Gasteiger partial charge in [-0.25, -0.2) is 8.42 Å². The van der Waals surface area contributed by atoms with Crippen molar-refractivity contribution >= 4 is 16.1 Å². The van der Waals surface area contributed by atoms with Gasteiger partial charge in [-0.05, 0) is 32.1 Å². The Morgan fingerprint density at radius 1 is 0.897 bits per heavy atom. The number of rotatable bonds is 19. The van der Waals surface area contributed by atoms with Crippen LogP contribution in [0.4, 0.5) is 0 Å². The first-order valence-corrected chi connectivity index (χ1v) is 12.7. The van der Waals surface area contributed by atoms with Crippen molar-refractivity contribution in [1.29, 1.82) is 0 Å². The van der Waals surface area contributed by atoms with Crippen molar-refractivity contribution in [3.8, 4) is 0 Å². The molecule has 5 nitrogen and oxygen atoms in total. The Hall–Kier alpha value is 0.120. The average molecular weight is 441 g/mol. The van der Waals surface area contributed by atoms with Crippen molar-refractivity contribution in [2.24, 2.45) is 0 Å². The van der Waals surface area contributed by atoms with Gasteiger partial charge in [0.2, 0.25) is 0 Å². The second kappa shape index (κ2) is 21.4. The number of esters is 1. The first-order valence-electron chi connectivity index (χ1n) is 11.2. The van der Waals surface area contributed by atoms with E-state index in [-0.39, 0.29) is 35.5 Å². The molecule has 0 radical (unpaired) electrons. The Balaban J connectivity index is 0. The van der Waals surface area contributed by atoms with E-state index in [1.54, 1.807) is 6.08 Å². The fourth-order valence-corrected chi connectivity index (χ4v) is 3.76. The van der Waals surface area contributed by atoms with Gasteiger partial charge in [-0.2, -0.15) is 0 Å². The van der Waals surface area contributed by atoms with Gasteiger partial charge in [-0.15, -0.1) is 0 Å². The minimum atomic E-state index is -4.30. The largest absolute Gasteiger partial charge is 1.00 e. The molecule has 0 rings (SSSR count). The van der Waals surface area contributed by atoms with Crippen LogP contribution < -0.4 is 29.6 Å². The number of carbonyl (C=O) groups is 1. The fraction of sp³-hybridized carbons (Fsp3) is 0.864. The van der Waals surface area contributed by atoms with Crippen LogP contribution in [0.5, 0.6) is 0 Å². The molecule has 0 N–H and O–H groups in total. The van der Waals surface area contributed by atoms with Gasteiger partial charge in [0.15, 0.2) is 0 Å². The second-order valence-corrected chi connectivity index (χ2v) is 9.13. The summed E-state index contributed by atoms with van der Waals surface area (Å²) in [6.45, 7) is 4.73. The molecule has 1 unspecified atom stereocenters. The Morgan fingerprint density at radius 2 is 1.48 bits per heavy atom. The molecule has 0 aliphatic rings. The molecule has 1 atom stereocenters. The first kappa shape index (κ1) is 31.3. The van der Waals surface area contributed by atoms with E-state index in [0.29, 0.717) is 25.9 Å². The molecule has 0 aromatic carbocycles. The summed E-state index contributed by atoms with van der Waals surface area (Å²) < 4.78 is 39.4.